The Morgan fingerprint density at radius 3 is 2.69 bits per heavy atom. The number of methoxy groups -OCH3 is 1. The van der Waals surface area contributed by atoms with Crippen LogP contribution in [-0.4, -0.2) is 39.3 Å². The molecule has 1 aromatic carbocycles. The van der Waals surface area contributed by atoms with Crippen LogP contribution in [-0.2, 0) is 0 Å². The van der Waals surface area contributed by atoms with Gasteiger partial charge in [0.25, 0.3) is 0 Å². The van der Waals surface area contributed by atoms with Crippen molar-refractivity contribution in [1.82, 2.24) is 4.90 Å². The number of nitroso groups, excluding NO2 is 1. The van der Waals surface area contributed by atoms with Gasteiger partial charge in [-0.05, 0) is 31.4 Å². The minimum absolute atomic E-state index is 0.291. The van der Waals surface area contributed by atoms with Gasteiger partial charge in [0.1, 0.15) is 18.0 Å². The molecule has 0 saturated carbocycles. The van der Waals surface area contributed by atoms with E-state index in [1.54, 1.807) is 25.3 Å². The van der Waals surface area contributed by atoms with Crippen molar-refractivity contribution in [3.8, 4) is 11.5 Å². The molecule has 0 aliphatic carbocycles. The largest absolute Gasteiger partial charge is 0.497 e. The van der Waals surface area contributed by atoms with E-state index in [2.05, 4.69) is 5.18 Å². The Morgan fingerprint density at radius 2 is 2.12 bits per heavy atom. The van der Waals surface area contributed by atoms with Gasteiger partial charge in [-0.1, -0.05) is 0 Å². The molecule has 0 amide bonds. The van der Waals surface area contributed by atoms with Crippen LogP contribution >= 0.6 is 0 Å². The number of rotatable bonds is 6. The zero-order valence-corrected chi connectivity index (χ0v) is 9.77. The number of nitrogens with zero attached hydrogens (tertiary/aromatic N) is 2. The van der Waals surface area contributed by atoms with Crippen molar-refractivity contribution in [3.05, 3.63) is 23.1 Å². The van der Waals surface area contributed by atoms with Gasteiger partial charge in [-0.3, -0.25) is 0 Å². The van der Waals surface area contributed by atoms with Crippen LogP contribution in [0.3, 0.4) is 0 Å². The average molecular weight is 224 g/mol. The van der Waals surface area contributed by atoms with Gasteiger partial charge in [-0.2, -0.15) is 0 Å². The second-order valence-corrected chi connectivity index (χ2v) is 3.58. The minimum Gasteiger partial charge on any atom is -0.497 e. The third-order valence-electron chi connectivity index (χ3n) is 2.06. The average Bonchev–Trinajstić information content (AvgIpc) is 2.28. The van der Waals surface area contributed by atoms with E-state index in [1.807, 2.05) is 19.0 Å². The van der Waals surface area contributed by atoms with Crippen molar-refractivity contribution in [2.45, 2.75) is 0 Å². The molecule has 16 heavy (non-hydrogen) atoms. The standard InChI is InChI=1S/C11H16N2O3/c1-13(2)6-7-16-11-8-9(15-3)4-5-10(11)12-14/h4-5,8H,6-7H2,1-3H3. The summed E-state index contributed by atoms with van der Waals surface area (Å²) < 4.78 is 10.5. The third-order valence-corrected chi connectivity index (χ3v) is 2.06. The van der Waals surface area contributed by atoms with Gasteiger partial charge in [0.2, 0.25) is 0 Å². The van der Waals surface area contributed by atoms with Gasteiger partial charge in [0, 0.05) is 12.6 Å². The van der Waals surface area contributed by atoms with E-state index in [1.165, 1.54) is 0 Å². The van der Waals surface area contributed by atoms with E-state index in [0.29, 0.717) is 23.8 Å². The summed E-state index contributed by atoms with van der Waals surface area (Å²) in [7, 11) is 5.47. The predicted molar refractivity (Wildman–Crippen MR) is 62.5 cm³/mol. The summed E-state index contributed by atoms with van der Waals surface area (Å²) >= 11 is 0. The molecule has 0 saturated heterocycles. The molecule has 5 heteroatoms. The highest BCUT2D eigenvalue weighted by Gasteiger charge is 2.06. The van der Waals surface area contributed by atoms with Crippen molar-refractivity contribution in [2.24, 2.45) is 5.18 Å². The summed E-state index contributed by atoms with van der Waals surface area (Å²) in [5.41, 5.74) is 0.291. The number of ether oxygens (including phenoxy) is 2. The first-order valence-corrected chi connectivity index (χ1v) is 4.96. The Labute approximate surface area is 94.9 Å². The number of likely N-dealkylation sites (N-methyl/N-ethyl adjacent to an activating group) is 1. The first-order valence-electron chi connectivity index (χ1n) is 4.96. The molecule has 1 rings (SSSR count). The quantitative estimate of drug-likeness (QED) is 0.694. The molecule has 0 aliphatic heterocycles. The summed E-state index contributed by atoms with van der Waals surface area (Å²) in [6.07, 6.45) is 0. The molecule has 0 N–H and O–H groups in total. The van der Waals surface area contributed by atoms with Crippen LogP contribution in [0.25, 0.3) is 0 Å². The van der Waals surface area contributed by atoms with Gasteiger partial charge in [0.05, 0.1) is 7.11 Å². The smallest absolute Gasteiger partial charge is 0.152 e. The maximum absolute atomic E-state index is 10.5. The van der Waals surface area contributed by atoms with Crippen molar-refractivity contribution < 1.29 is 9.47 Å². The van der Waals surface area contributed by atoms with Crippen molar-refractivity contribution >= 4 is 5.69 Å². The molecule has 0 bridgehead atoms. The fourth-order valence-electron chi connectivity index (χ4n) is 1.15. The lowest BCUT2D eigenvalue weighted by atomic mass is 10.3. The lowest BCUT2D eigenvalue weighted by molar-refractivity contribution is 0.261. The Bertz CT molecular complexity index is 353. The van der Waals surface area contributed by atoms with E-state index < -0.39 is 0 Å². The van der Waals surface area contributed by atoms with Crippen LogP contribution in [0, 0.1) is 4.91 Å². The van der Waals surface area contributed by atoms with E-state index in [-0.39, 0.29) is 0 Å². The molecule has 5 nitrogen and oxygen atoms in total. The zero-order chi connectivity index (χ0) is 12.0. The molecule has 0 radical (unpaired) electrons. The first kappa shape index (κ1) is 12.4. The van der Waals surface area contributed by atoms with Crippen LogP contribution in [0.15, 0.2) is 23.4 Å². The van der Waals surface area contributed by atoms with E-state index in [9.17, 15) is 4.91 Å². The highest BCUT2D eigenvalue weighted by molar-refractivity contribution is 5.54. The van der Waals surface area contributed by atoms with Gasteiger partial charge in [-0.15, -0.1) is 4.91 Å². The molecule has 0 aromatic heterocycles. The summed E-state index contributed by atoms with van der Waals surface area (Å²) in [6, 6.07) is 4.92. The number of hydrogen-bond acceptors (Lipinski definition) is 5. The maximum atomic E-state index is 10.5. The molecule has 88 valence electrons. The molecule has 0 fully saturated rings. The lowest BCUT2D eigenvalue weighted by Gasteiger charge is -2.12. The first-order chi connectivity index (χ1) is 7.67. The number of benzene rings is 1. The maximum Gasteiger partial charge on any atom is 0.152 e. The van der Waals surface area contributed by atoms with Gasteiger partial charge < -0.3 is 14.4 Å². The molecular formula is C11H16N2O3. The molecule has 0 atom stereocenters. The molecular weight excluding hydrogens is 208 g/mol. The van der Waals surface area contributed by atoms with Crippen LogP contribution in [0.2, 0.25) is 0 Å². The summed E-state index contributed by atoms with van der Waals surface area (Å²) in [4.78, 5) is 12.5. The zero-order valence-electron chi connectivity index (χ0n) is 9.77. The fourth-order valence-corrected chi connectivity index (χ4v) is 1.15. The van der Waals surface area contributed by atoms with Crippen molar-refractivity contribution in [1.29, 1.82) is 0 Å². The van der Waals surface area contributed by atoms with E-state index in [0.717, 1.165) is 6.54 Å². The monoisotopic (exact) mass is 224 g/mol. The van der Waals surface area contributed by atoms with Gasteiger partial charge in [-0.25, -0.2) is 0 Å². The highest BCUT2D eigenvalue weighted by Crippen LogP contribution is 2.31. The van der Waals surface area contributed by atoms with Crippen LogP contribution in [0.4, 0.5) is 5.69 Å². The predicted octanol–water partition coefficient (Wildman–Crippen LogP) is 2.03. The van der Waals surface area contributed by atoms with Crippen molar-refractivity contribution in [3.63, 3.8) is 0 Å². The van der Waals surface area contributed by atoms with Crippen LogP contribution in [0.5, 0.6) is 11.5 Å². The Kier molecular flexibility index (Phi) is 4.72. The Morgan fingerprint density at radius 1 is 1.38 bits per heavy atom. The summed E-state index contributed by atoms with van der Waals surface area (Å²) in [5.74, 6) is 1.10. The second-order valence-electron chi connectivity index (χ2n) is 3.58. The summed E-state index contributed by atoms with van der Waals surface area (Å²) in [6.45, 7) is 1.28. The van der Waals surface area contributed by atoms with Gasteiger partial charge in [0.15, 0.2) is 5.75 Å². The second kappa shape index (κ2) is 6.07. The highest BCUT2D eigenvalue weighted by atomic mass is 16.5. The number of hydrogen-bond donors (Lipinski definition) is 0. The van der Waals surface area contributed by atoms with Crippen LogP contribution in [0.1, 0.15) is 0 Å². The van der Waals surface area contributed by atoms with Crippen molar-refractivity contribution in [2.75, 3.05) is 34.4 Å². The lowest BCUT2D eigenvalue weighted by Crippen LogP contribution is -2.19. The Balaban J connectivity index is 2.71. The summed E-state index contributed by atoms with van der Waals surface area (Å²) in [5, 5.41) is 2.90. The molecule has 0 spiro atoms. The normalized spacial score (nSPS) is 10.2. The van der Waals surface area contributed by atoms with E-state index >= 15 is 0 Å². The topological polar surface area (TPSA) is 51.1 Å². The van der Waals surface area contributed by atoms with E-state index in [4.69, 9.17) is 9.47 Å². The van der Waals surface area contributed by atoms with Crippen LogP contribution < -0.4 is 9.47 Å². The third kappa shape index (κ3) is 3.51. The van der Waals surface area contributed by atoms with Gasteiger partial charge >= 0.3 is 0 Å². The molecule has 0 aliphatic rings. The molecule has 0 heterocycles. The SMILES string of the molecule is COc1ccc(N=O)c(OCCN(C)C)c1. The fraction of sp³-hybridized carbons (Fsp3) is 0.455. The Hall–Kier alpha value is -1.62. The molecule has 0 unspecified atom stereocenters. The molecule has 1 aromatic rings. The minimum atomic E-state index is 0.291.